The van der Waals surface area contributed by atoms with E-state index in [1.54, 1.807) is 6.92 Å². The molecule has 5 heteroatoms. The van der Waals surface area contributed by atoms with Crippen molar-refractivity contribution < 1.29 is 14.3 Å². The van der Waals surface area contributed by atoms with Crippen molar-refractivity contribution in [3.05, 3.63) is 24.6 Å². The molecule has 0 spiro atoms. The molecule has 0 amide bonds. The number of aliphatic carboxylic acids is 1. The van der Waals surface area contributed by atoms with Gasteiger partial charge >= 0.3 is 5.97 Å². The largest absolute Gasteiger partial charge is 0.481 e. The second-order valence-corrected chi connectivity index (χ2v) is 4.12. The van der Waals surface area contributed by atoms with Crippen LogP contribution in [0.2, 0.25) is 0 Å². The molecule has 17 heavy (non-hydrogen) atoms. The van der Waals surface area contributed by atoms with Crippen LogP contribution < -0.4 is 4.90 Å². The molecule has 1 atom stereocenters. The first-order valence-corrected chi connectivity index (χ1v) is 5.35. The van der Waals surface area contributed by atoms with Gasteiger partial charge in [0.2, 0.25) is 0 Å². The van der Waals surface area contributed by atoms with Crippen molar-refractivity contribution in [3.8, 4) is 0 Å². The normalized spacial score (nSPS) is 12.6. The van der Waals surface area contributed by atoms with Crippen LogP contribution in [0, 0.1) is 5.92 Å². The van der Waals surface area contributed by atoms with Gasteiger partial charge in [-0.25, -0.2) is 4.98 Å². The zero-order valence-corrected chi connectivity index (χ0v) is 9.75. The minimum atomic E-state index is -0.794. The third kappa shape index (κ3) is 2.38. The average molecular weight is 234 g/mol. The number of anilines is 1. The van der Waals surface area contributed by atoms with Crippen molar-refractivity contribution in [2.24, 2.45) is 5.92 Å². The van der Waals surface area contributed by atoms with Gasteiger partial charge in [-0.2, -0.15) is 0 Å². The lowest BCUT2D eigenvalue weighted by Gasteiger charge is -2.21. The Balaban J connectivity index is 2.18. The van der Waals surface area contributed by atoms with Gasteiger partial charge in [-0.1, -0.05) is 6.92 Å². The molecule has 5 nitrogen and oxygen atoms in total. The van der Waals surface area contributed by atoms with E-state index in [1.807, 2.05) is 30.1 Å². The summed E-state index contributed by atoms with van der Waals surface area (Å²) in [6, 6.07) is 5.62. The van der Waals surface area contributed by atoms with E-state index < -0.39 is 11.9 Å². The molecule has 0 aliphatic carbocycles. The molecule has 0 saturated heterocycles. The van der Waals surface area contributed by atoms with Crippen molar-refractivity contribution in [3.63, 3.8) is 0 Å². The van der Waals surface area contributed by atoms with Gasteiger partial charge in [0.15, 0.2) is 12.0 Å². The number of nitrogens with zero attached hydrogens (tertiary/aromatic N) is 2. The number of fused-ring (bicyclic) bond motifs is 1. The molecular weight excluding hydrogens is 220 g/mol. The van der Waals surface area contributed by atoms with Gasteiger partial charge in [0, 0.05) is 25.3 Å². The van der Waals surface area contributed by atoms with Crippen LogP contribution in [0.1, 0.15) is 6.92 Å². The van der Waals surface area contributed by atoms with Crippen molar-refractivity contribution in [2.45, 2.75) is 6.92 Å². The fourth-order valence-electron chi connectivity index (χ4n) is 1.68. The molecular formula is C12H14N2O3. The van der Waals surface area contributed by atoms with E-state index in [0.29, 0.717) is 12.1 Å². The highest BCUT2D eigenvalue weighted by atomic mass is 16.4. The first kappa shape index (κ1) is 11.4. The summed E-state index contributed by atoms with van der Waals surface area (Å²) < 4.78 is 5.21. The van der Waals surface area contributed by atoms with Crippen LogP contribution in [0.15, 0.2) is 29.0 Å². The summed E-state index contributed by atoms with van der Waals surface area (Å²) in [4.78, 5) is 16.7. The third-order valence-electron chi connectivity index (χ3n) is 2.72. The third-order valence-corrected chi connectivity index (χ3v) is 2.72. The van der Waals surface area contributed by atoms with E-state index >= 15 is 0 Å². The van der Waals surface area contributed by atoms with Crippen LogP contribution in [0.5, 0.6) is 0 Å². The summed E-state index contributed by atoms with van der Waals surface area (Å²) in [6.07, 6.45) is 1.40. The monoisotopic (exact) mass is 234 g/mol. The minimum absolute atomic E-state index is 0.412. The van der Waals surface area contributed by atoms with Crippen LogP contribution in [0.4, 0.5) is 5.69 Å². The summed E-state index contributed by atoms with van der Waals surface area (Å²) in [5, 5.41) is 8.86. The number of benzene rings is 1. The summed E-state index contributed by atoms with van der Waals surface area (Å²) in [5.41, 5.74) is 2.42. The predicted octanol–water partition coefficient (Wildman–Crippen LogP) is 1.98. The molecule has 1 N–H and O–H groups in total. The molecule has 1 unspecified atom stereocenters. The summed E-state index contributed by atoms with van der Waals surface area (Å²) >= 11 is 0. The zero-order chi connectivity index (χ0) is 12.4. The Morgan fingerprint density at radius 1 is 1.59 bits per heavy atom. The van der Waals surface area contributed by atoms with Crippen LogP contribution in [0.3, 0.4) is 0 Å². The number of hydrogen-bond acceptors (Lipinski definition) is 4. The Morgan fingerprint density at radius 2 is 2.35 bits per heavy atom. The molecule has 0 aliphatic rings. The first-order chi connectivity index (χ1) is 8.08. The molecule has 0 saturated carbocycles. The number of aromatic nitrogens is 1. The standard InChI is InChI=1S/C12H14N2O3/c1-8(12(15)16)6-14(2)9-3-4-10-11(5-9)17-7-13-10/h3-5,7-8H,6H2,1-2H3,(H,15,16). The Labute approximate surface area is 98.7 Å². The smallest absolute Gasteiger partial charge is 0.308 e. The van der Waals surface area contributed by atoms with Gasteiger partial charge in [0.1, 0.15) is 5.52 Å². The van der Waals surface area contributed by atoms with E-state index in [4.69, 9.17) is 9.52 Å². The SMILES string of the molecule is CC(CN(C)c1ccc2ncoc2c1)C(=O)O. The average Bonchev–Trinajstić information content (AvgIpc) is 2.75. The van der Waals surface area contributed by atoms with Gasteiger partial charge in [0.05, 0.1) is 5.92 Å². The van der Waals surface area contributed by atoms with Gasteiger partial charge in [0.25, 0.3) is 0 Å². The number of rotatable bonds is 4. The number of carboxylic acid groups (broad SMARTS) is 1. The highest BCUT2D eigenvalue weighted by Gasteiger charge is 2.14. The Morgan fingerprint density at radius 3 is 3.06 bits per heavy atom. The summed E-state index contributed by atoms with van der Waals surface area (Å²) in [5.74, 6) is -1.21. The lowest BCUT2D eigenvalue weighted by Crippen LogP contribution is -2.28. The highest BCUT2D eigenvalue weighted by Crippen LogP contribution is 2.21. The molecule has 0 aliphatic heterocycles. The summed E-state index contributed by atoms with van der Waals surface area (Å²) in [7, 11) is 1.86. The maximum atomic E-state index is 10.8. The Hall–Kier alpha value is -2.04. The molecule has 0 radical (unpaired) electrons. The molecule has 2 aromatic rings. The molecule has 90 valence electrons. The lowest BCUT2D eigenvalue weighted by atomic mass is 10.1. The predicted molar refractivity (Wildman–Crippen MR) is 64.1 cm³/mol. The van der Waals surface area contributed by atoms with E-state index in [1.165, 1.54) is 6.39 Å². The lowest BCUT2D eigenvalue weighted by molar-refractivity contribution is -0.140. The Bertz CT molecular complexity index is 535. The molecule has 1 aromatic carbocycles. The van der Waals surface area contributed by atoms with E-state index in [-0.39, 0.29) is 0 Å². The number of hydrogen-bond donors (Lipinski definition) is 1. The maximum Gasteiger partial charge on any atom is 0.308 e. The van der Waals surface area contributed by atoms with Gasteiger partial charge in [-0.05, 0) is 12.1 Å². The first-order valence-electron chi connectivity index (χ1n) is 5.35. The topological polar surface area (TPSA) is 66.6 Å². The van der Waals surface area contributed by atoms with Crippen molar-refractivity contribution in [1.29, 1.82) is 0 Å². The van der Waals surface area contributed by atoms with Gasteiger partial charge in [-0.15, -0.1) is 0 Å². The maximum absolute atomic E-state index is 10.8. The Kier molecular flexibility index (Phi) is 2.99. The second-order valence-electron chi connectivity index (χ2n) is 4.12. The van der Waals surface area contributed by atoms with Crippen LogP contribution in [-0.4, -0.2) is 29.7 Å². The molecule has 2 rings (SSSR count). The van der Waals surface area contributed by atoms with Crippen LogP contribution in [-0.2, 0) is 4.79 Å². The van der Waals surface area contributed by atoms with Gasteiger partial charge in [-0.3, -0.25) is 4.79 Å². The van der Waals surface area contributed by atoms with E-state index in [2.05, 4.69) is 4.98 Å². The molecule has 1 aromatic heterocycles. The summed E-state index contributed by atoms with van der Waals surface area (Å²) in [6.45, 7) is 2.14. The molecule has 1 heterocycles. The van der Waals surface area contributed by atoms with Crippen LogP contribution >= 0.6 is 0 Å². The minimum Gasteiger partial charge on any atom is -0.481 e. The van der Waals surface area contributed by atoms with Crippen molar-refractivity contribution >= 4 is 22.8 Å². The zero-order valence-electron chi connectivity index (χ0n) is 9.75. The molecule has 0 bridgehead atoms. The van der Waals surface area contributed by atoms with E-state index in [0.717, 1.165) is 11.2 Å². The highest BCUT2D eigenvalue weighted by molar-refractivity contribution is 5.77. The second kappa shape index (κ2) is 4.45. The number of oxazole rings is 1. The fourth-order valence-corrected chi connectivity index (χ4v) is 1.68. The number of carbonyl (C=O) groups is 1. The van der Waals surface area contributed by atoms with Crippen LogP contribution in [0.25, 0.3) is 11.1 Å². The quantitative estimate of drug-likeness (QED) is 0.876. The fraction of sp³-hybridized carbons (Fsp3) is 0.333. The van der Waals surface area contributed by atoms with Gasteiger partial charge < -0.3 is 14.4 Å². The number of carboxylic acids is 1. The van der Waals surface area contributed by atoms with E-state index in [9.17, 15) is 4.79 Å². The molecule has 0 fully saturated rings. The van der Waals surface area contributed by atoms with Crippen molar-refractivity contribution in [2.75, 3.05) is 18.5 Å². The van der Waals surface area contributed by atoms with Crippen molar-refractivity contribution in [1.82, 2.24) is 4.98 Å².